The first-order valence-corrected chi connectivity index (χ1v) is 5.79. The molecule has 0 aliphatic carbocycles. The van der Waals surface area contributed by atoms with Crippen LogP contribution in [0, 0.1) is 6.92 Å². The SMILES string of the molecule is CNc1cc(C)nc(Cn2ccn(C)c(=O)c2=O)n1. The van der Waals surface area contributed by atoms with Gasteiger partial charge in [-0.3, -0.25) is 9.59 Å². The molecule has 100 valence electrons. The van der Waals surface area contributed by atoms with Gasteiger partial charge in [-0.1, -0.05) is 0 Å². The maximum atomic E-state index is 11.8. The molecule has 0 atom stereocenters. The molecule has 0 amide bonds. The molecule has 2 heterocycles. The summed E-state index contributed by atoms with van der Waals surface area (Å²) in [7, 11) is 3.30. The highest BCUT2D eigenvalue weighted by Crippen LogP contribution is 2.05. The number of hydrogen-bond donors (Lipinski definition) is 1. The van der Waals surface area contributed by atoms with E-state index in [2.05, 4.69) is 15.3 Å². The fraction of sp³-hybridized carbons (Fsp3) is 0.333. The second-order valence-corrected chi connectivity index (χ2v) is 4.21. The minimum atomic E-state index is -0.582. The number of aromatic nitrogens is 4. The molecule has 2 aromatic rings. The zero-order chi connectivity index (χ0) is 14.0. The molecule has 0 radical (unpaired) electrons. The summed E-state index contributed by atoms with van der Waals surface area (Å²) in [4.78, 5) is 31.8. The Morgan fingerprint density at radius 2 is 1.95 bits per heavy atom. The minimum Gasteiger partial charge on any atom is -0.373 e. The highest BCUT2D eigenvalue weighted by Gasteiger charge is 2.06. The van der Waals surface area contributed by atoms with Crippen LogP contribution < -0.4 is 16.4 Å². The Labute approximate surface area is 109 Å². The predicted octanol–water partition coefficient (Wildman–Crippen LogP) is -0.265. The number of anilines is 1. The van der Waals surface area contributed by atoms with Crippen LogP contribution in [0.15, 0.2) is 28.0 Å². The lowest BCUT2D eigenvalue weighted by atomic mass is 10.4. The molecule has 0 unspecified atom stereocenters. The molecule has 0 saturated carbocycles. The first-order valence-electron chi connectivity index (χ1n) is 5.79. The number of rotatable bonds is 3. The van der Waals surface area contributed by atoms with E-state index >= 15 is 0 Å². The third-order valence-electron chi connectivity index (χ3n) is 2.70. The average Bonchev–Trinajstić information content (AvgIpc) is 2.39. The third-order valence-corrected chi connectivity index (χ3v) is 2.70. The summed E-state index contributed by atoms with van der Waals surface area (Å²) < 4.78 is 2.55. The molecule has 0 aliphatic rings. The molecular formula is C12H15N5O2. The highest BCUT2D eigenvalue weighted by molar-refractivity contribution is 5.34. The van der Waals surface area contributed by atoms with Crippen molar-refractivity contribution in [3.05, 3.63) is 50.7 Å². The van der Waals surface area contributed by atoms with E-state index in [9.17, 15) is 9.59 Å². The van der Waals surface area contributed by atoms with E-state index in [1.807, 2.05) is 6.92 Å². The second kappa shape index (κ2) is 5.05. The Balaban J connectivity index is 2.42. The normalized spacial score (nSPS) is 10.5. The fourth-order valence-corrected chi connectivity index (χ4v) is 1.70. The van der Waals surface area contributed by atoms with E-state index < -0.39 is 11.1 Å². The molecule has 0 spiro atoms. The van der Waals surface area contributed by atoms with Crippen molar-refractivity contribution in [2.75, 3.05) is 12.4 Å². The molecule has 1 N–H and O–H groups in total. The first kappa shape index (κ1) is 13.0. The molecule has 7 heteroatoms. The minimum absolute atomic E-state index is 0.172. The third kappa shape index (κ3) is 2.70. The molecule has 2 rings (SSSR count). The summed E-state index contributed by atoms with van der Waals surface area (Å²) >= 11 is 0. The smallest absolute Gasteiger partial charge is 0.316 e. The zero-order valence-electron chi connectivity index (χ0n) is 11.0. The molecule has 2 aromatic heterocycles. The lowest BCUT2D eigenvalue weighted by Gasteiger charge is -2.07. The highest BCUT2D eigenvalue weighted by atomic mass is 16.2. The van der Waals surface area contributed by atoms with Crippen LogP contribution in [-0.2, 0) is 13.6 Å². The summed E-state index contributed by atoms with van der Waals surface area (Å²) in [5.41, 5.74) is -0.351. The van der Waals surface area contributed by atoms with E-state index in [-0.39, 0.29) is 6.54 Å². The van der Waals surface area contributed by atoms with Crippen LogP contribution >= 0.6 is 0 Å². The number of nitrogens with zero attached hydrogens (tertiary/aromatic N) is 4. The van der Waals surface area contributed by atoms with Crippen LogP contribution in [-0.4, -0.2) is 26.1 Å². The molecule has 0 bridgehead atoms. The van der Waals surface area contributed by atoms with Gasteiger partial charge in [-0.05, 0) is 6.92 Å². The van der Waals surface area contributed by atoms with Crippen molar-refractivity contribution >= 4 is 5.82 Å². The van der Waals surface area contributed by atoms with E-state index in [4.69, 9.17) is 0 Å². The molecule has 0 aromatic carbocycles. The van der Waals surface area contributed by atoms with Crippen LogP contribution in [0.25, 0.3) is 0 Å². The van der Waals surface area contributed by atoms with Gasteiger partial charge in [-0.15, -0.1) is 0 Å². The Hall–Kier alpha value is -2.44. The van der Waals surface area contributed by atoms with Crippen molar-refractivity contribution in [2.45, 2.75) is 13.5 Å². The van der Waals surface area contributed by atoms with Crippen LogP contribution in [0.4, 0.5) is 5.82 Å². The standard InChI is InChI=1S/C12H15N5O2/c1-8-6-9(13-2)15-10(14-8)7-17-5-4-16(3)11(18)12(17)19/h4-6H,7H2,1-3H3,(H,13,14,15). The lowest BCUT2D eigenvalue weighted by Crippen LogP contribution is -2.39. The van der Waals surface area contributed by atoms with Crippen molar-refractivity contribution < 1.29 is 0 Å². The summed E-state index contributed by atoms with van der Waals surface area (Å²) in [6.07, 6.45) is 3.09. The van der Waals surface area contributed by atoms with Crippen molar-refractivity contribution in [3.8, 4) is 0 Å². The van der Waals surface area contributed by atoms with Gasteiger partial charge in [0.25, 0.3) is 0 Å². The van der Waals surface area contributed by atoms with Crippen LogP contribution in [0.2, 0.25) is 0 Å². The molecular weight excluding hydrogens is 246 g/mol. The summed E-state index contributed by atoms with van der Waals surface area (Å²) in [5.74, 6) is 1.17. The van der Waals surface area contributed by atoms with Gasteiger partial charge in [0.15, 0.2) is 5.82 Å². The summed E-state index contributed by atoms with van der Waals surface area (Å²) in [5, 5.41) is 2.92. The fourth-order valence-electron chi connectivity index (χ4n) is 1.70. The van der Waals surface area contributed by atoms with Gasteiger partial charge in [0.1, 0.15) is 5.82 Å². The number of nitrogens with one attached hydrogen (secondary N) is 1. The topological polar surface area (TPSA) is 81.8 Å². The quantitative estimate of drug-likeness (QED) is 0.769. The van der Waals surface area contributed by atoms with Gasteiger partial charge in [-0.25, -0.2) is 9.97 Å². The van der Waals surface area contributed by atoms with E-state index in [1.165, 1.54) is 16.2 Å². The van der Waals surface area contributed by atoms with Gasteiger partial charge >= 0.3 is 11.1 Å². The Morgan fingerprint density at radius 1 is 1.21 bits per heavy atom. The number of hydrogen-bond acceptors (Lipinski definition) is 5. The molecule has 7 nitrogen and oxygen atoms in total. The van der Waals surface area contributed by atoms with Crippen LogP contribution in [0.3, 0.4) is 0 Å². The Morgan fingerprint density at radius 3 is 2.63 bits per heavy atom. The van der Waals surface area contributed by atoms with Crippen LogP contribution in [0.1, 0.15) is 11.5 Å². The largest absolute Gasteiger partial charge is 0.373 e. The van der Waals surface area contributed by atoms with Crippen LogP contribution in [0.5, 0.6) is 0 Å². The summed E-state index contributed by atoms with van der Waals surface area (Å²) in [6, 6.07) is 1.80. The zero-order valence-corrected chi connectivity index (χ0v) is 11.0. The second-order valence-electron chi connectivity index (χ2n) is 4.21. The van der Waals surface area contributed by atoms with E-state index in [0.717, 1.165) is 5.69 Å². The first-order chi connectivity index (χ1) is 9.01. The average molecular weight is 261 g/mol. The van der Waals surface area contributed by atoms with Crippen molar-refractivity contribution in [1.82, 2.24) is 19.1 Å². The van der Waals surface area contributed by atoms with Gasteiger partial charge < -0.3 is 14.5 Å². The maximum Gasteiger partial charge on any atom is 0.316 e. The molecule has 0 saturated heterocycles. The van der Waals surface area contributed by atoms with E-state index in [0.29, 0.717) is 11.6 Å². The predicted molar refractivity (Wildman–Crippen MR) is 71.4 cm³/mol. The Bertz CT molecular complexity index is 717. The van der Waals surface area contributed by atoms with E-state index in [1.54, 1.807) is 25.5 Å². The molecule has 0 fully saturated rings. The maximum absolute atomic E-state index is 11.8. The number of aryl methyl sites for hydroxylation is 2. The van der Waals surface area contributed by atoms with Gasteiger partial charge in [0.2, 0.25) is 0 Å². The van der Waals surface area contributed by atoms with Gasteiger partial charge in [0, 0.05) is 38.2 Å². The van der Waals surface area contributed by atoms with Crippen molar-refractivity contribution in [1.29, 1.82) is 0 Å². The lowest BCUT2D eigenvalue weighted by molar-refractivity contribution is 0.668. The monoisotopic (exact) mass is 261 g/mol. The van der Waals surface area contributed by atoms with Crippen molar-refractivity contribution in [3.63, 3.8) is 0 Å². The molecule has 0 aliphatic heterocycles. The van der Waals surface area contributed by atoms with Crippen molar-refractivity contribution in [2.24, 2.45) is 7.05 Å². The summed E-state index contributed by atoms with van der Waals surface area (Å²) in [6.45, 7) is 2.02. The van der Waals surface area contributed by atoms with Gasteiger partial charge in [0.05, 0.1) is 6.54 Å². The van der Waals surface area contributed by atoms with Gasteiger partial charge in [-0.2, -0.15) is 0 Å². The molecule has 19 heavy (non-hydrogen) atoms. The Kier molecular flexibility index (Phi) is 3.46.